The van der Waals surface area contributed by atoms with Crippen molar-refractivity contribution in [2.45, 2.75) is 19.9 Å². The Balaban J connectivity index is 1.76. The maximum Gasteiger partial charge on any atom is 0.254 e. The van der Waals surface area contributed by atoms with Gasteiger partial charge in [0.25, 0.3) is 5.91 Å². The summed E-state index contributed by atoms with van der Waals surface area (Å²) in [5, 5.41) is 4.14. The molecule has 146 valence electrons. The second-order valence-electron chi connectivity index (χ2n) is 6.37. The largest absolute Gasteiger partial charge is 0.497 e. The molecular formula is C22H24N2O4. The summed E-state index contributed by atoms with van der Waals surface area (Å²) in [6.45, 7) is 3.04. The van der Waals surface area contributed by atoms with Crippen molar-refractivity contribution in [2.24, 2.45) is 0 Å². The Labute approximate surface area is 164 Å². The number of aromatic nitrogens is 1. The molecule has 6 heteroatoms. The Hall–Kier alpha value is -3.28. The van der Waals surface area contributed by atoms with Crippen LogP contribution in [0, 0.1) is 0 Å². The second-order valence-corrected chi connectivity index (χ2v) is 6.37. The van der Waals surface area contributed by atoms with E-state index in [1.165, 1.54) is 0 Å². The van der Waals surface area contributed by atoms with Crippen LogP contribution in [-0.2, 0) is 6.54 Å². The number of methoxy groups -OCH3 is 2. The zero-order valence-electron chi connectivity index (χ0n) is 16.3. The molecule has 0 aliphatic carbocycles. The summed E-state index contributed by atoms with van der Waals surface area (Å²) in [4.78, 5) is 14.7. The topological polar surface area (TPSA) is 64.8 Å². The van der Waals surface area contributed by atoms with E-state index in [1.54, 1.807) is 31.3 Å². The molecule has 0 unspecified atom stereocenters. The average Bonchev–Trinajstić information content (AvgIpc) is 3.21. The minimum atomic E-state index is -0.0604. The maximum atomic E-state index is 13.0. The average molecular weight is 380 g/mol. The van der Waals surface area contributed by atoms with E-state index in [4.69, 9.17) is 14.0 Å². The van der Waals surface area contributed by atoms with Gasteiger partial charge >= 0.3 is 0 Å². The van der Waals surface area contributed by atoms with Crippen LogP contribution in [0.25, 0.3) is 11.3 Å². The van der Waals surface area contributed by atoms with Crippen LogP contribution in [0.2, 0.25) is 0 Å². The molecule has 1 amide bonds. The van der Waals surface area contributed by atoms with Crippen LogP contribution in [0.5, 0.6) is 11.5 Å². The van der Waals surface area contributed by atoms with Crippen LogP contribution in [0.1, 0.15) is 29.4 Å². The van der Waals surface area contributed by atoms with Crippen LogP contribution < -0.4 is 9.47 Å². The Kier molecular flexibility index (Phi) is 6.32. The SMILES string of the molecule is CCCN(Cc1cc(-c2ccc(OC)cc2)on1)C(=O)c1cccc(OC)c1. The minimum Gasteiger partial charge on any atom is -0.497 e. The minimum absolute atomic E-state index is 0.0604. The van der Waals surface area contributed by atoms with Gasteiger partial charge in [-0.3, -0.25) is 4.79 Å². The summed E-state index contributed by atoms with van der Waals surface area (Å²) in [7, 11) is 3.21. The molecule has 0 saturated carbocycles. The third-order valence-electron chi connectivity index (χ3n) is 4.38. The molecule has 3 aromatic rings. The summed E-state index contributed by atoms with van der Waals surface area (Å²) in [6.07, 6.45) is 0.846. The predicted molar refractivity (Wildman–Crippen MR) is 107 cm³/mol. The van der Waals surface area contributed by atoms with Crippen molar-refractivity contribution in [1.29, 1.82) is 0 Å². The van der Waals surface area contributed by atoms with Crippen molar-refractivity contribution >= 4 is 5.91 Å². The number of amides is 1. The molecule has 28 heavy (non-hydrogen) atoms. The summed E-state index contributed by atoms with van der Waals surface area (Å²) in [5.41, 5.74) is 2.20. The van der Waals surface area contributed by atoms with Crippen LogP contribution in [-0.4, -0.2) is 36.7 Å². The summed E-state index contributed by atoms with van der Waals surface area (Å²) >= 11 is 0. The van der Waals surface area contributed by atoms with Gasteiger partial charge in [0, 0.05) is 23.7 Å². The smallest absolute Gasteiger partial charge is 0.254 e. The number of benzene rings is 2. The Bertz CT molecular complexity index is 918. The lowest BCUT2D eigenvalue weighted by atomic mass is 10.1. The number of carbonyl (C=O) groups excluding carboxylic acids is 1. The summed E-state index contributed by atoms with van der Waals surface area (Å²) in [5.74, 6) is 2.03. The van der Waals surface area contributed by atoms with Crippen molar-refractivity contribution in [3.63, 3.8) is 0 Å². The monoisotopic (exact) mass is 380 g/mol. The Morgan fingerprint density at radius 3 is 2.46 bits per heavy atom. The maximum absolute atomic E-state index is 13.0. The molecule has 0 radical (unpaired) electrons. The first kappa shape index (κ1) is 19.5. The molecule has 3 rings (SSSR count). The van der Waals surface area contributed by atoms with Crippen molar-refractivity contribution in [3.8, 4) is 22.8 Å². The zero-order valence-corrected chi connectivity index (χ0v) is 16.3. The molecule has 2 aromatic carbocycles. The van der Waals surface area contributed by atoms with E-state index in [0.717, 1.165) is 17.7 Å². The first-order valence-electron chi connectivity index (χ1n) is 9.18. The quantitative estimate of drug-likeness (QED) is 0.579. The van der Waals surface area contributed by atoms with E-state index in [-0.39, 0.29) is 5.91 Å². The van der Waals surface area contributed by atoms with Gasteiger partial charge in [0.05, 0.1) is 20.8 Å². The van der Waals surface area contributed by atoms with Crippen LogP contribution in [0.4, 0.5) is 0 Å². The van der Waals surface area contributed by atoms with Gasteiger partial charge in [-0.05, 0) is 48.9 Å². The molecule has 1 heterocycles. The van der Waals surface area contributed by atoms with E-state index in [2.05, 4.69) is 5.16 Å². The Morgan fingerprint density at radius 2 is 1.79 bits per heavy atom. The highest BCUT2D eigenvalue weighted by Crippen LogP contribution is 2.24. The van der Waals surface area contributed by atoms with Gasteiger partial charge in [0.1, 0.15) is 17.2 Å². The lowest BCUT2D eigenvalue weighted by molar-refractivity contribution is 0.0739. The van der Waals surface area contributed by atoms with E-state index in [9.17, 15) is 4.79 Å². The second kappa shape index (κ2) is 9.08. The molecule has 0 fully saturated rings. The summed E-state index contributed by atoms with van der Waals surface area (Å²) < 4.78 is 15.9. The van der Waals surface area contributed by atoms with E-state index < -0.39 is 0 Å². The highest BCUT2D eigenvalue weighted by molar-refractivity contribution is 5.94. The van der Waals surface area contributed by atoms with Crippen molar-refractivity contribution in [3.05, 3.63) is 65.9 Å². The molecule has 0 saturated heterocycles. The van der Waals surface area contributed by atoms with Crippen LogP contribution in [0.15, 0.2) is 59.1 Å². The first-order chi connectivity index (χ1) is 13.6. The fourth-order valence-electron chi connectivity index (χ4n) is 2.93. The van der Waals surface area contributed by atoms with Crippen LogP contribution >= 0.6 is 0 Å². The predicted octanol–water partition coefficient (Wildman–Crippen LogP) is 4.41. The molecule has 6 nitrogen and oxygen atoms in total. The third-order valence-corrected chi connectivity index (χ3v) is 4.38. The number of ether oxygens (including phenoxy) is 2. The molecule has 0 spiro atoms. The fraction of sp³-hybridized carbons (Fsp3) is 0.273. The Morgan fingerprint density at radius 1 is 1.04 bits per heavy atom. The van der Waals surface area contributed by atoms with Gasteiger partial charge in [-0.15, -0.1) is 0 Å². The van der Waals surface area contributed by atoms with E-state index in [0.29, 0.717) is 35.9 Å². The van der Waals surface area contributed by atoms with Crippen LogP contribution in [0.3, 0.4) is 0 Å². The molecule has 0 atom stereocenters. The van der Waals surface area contributed by atoms with Crippen molar-refractivity contribution in [1.82, 2.24) is 10.1 Å². The molecule has 0 N–H and O–H groups in total. The van der Waals surface area contributed by atoms with Gasteiger partial charge in [-0.2, -0.15) is 0 Å². The standard InChI is InChI=1S/C22H24N2O4/c1-4-12-24(22(25)17-6-5-7-20(13-17)27-3)15-18-14-21(28-23-18)16-8-10-19(26-2)11-9-16/h5-11,13-14H,4,12,15H2,1-3H3. The van der Waals surface area contributed by atoms with Gasteiger partial charge in [-0.1, -0.05) is 18.1 Å². The van der Waals surface area contributed by atoms with Gasteiger partial charge < -0.3 is 18.9 Å². The normalized spacial score (nSPS) is 10.5. The van der Waals surface area contributed by atoms with E-state index >= 15 is 0 Å². The number of hydrogen-bond acceptors (Lipinski definition) is 5. The lowest BCUT2D eigenvalue weighted by Gasteiger charge is -2.21. The van der Waals surface area contributed by atoms with Gasteiger partial charge in [0.2, 0.25) is 0 Å². The van der Waals surface area contributed by atoms with Gasteiger partial charge in [0.15, 0.2) is 5.76 Å². The molecule has 0 bridgehead atoms. The zero-order chi connectivity index (χ0) is 19.9. The number of nitrogens with zero attached hydrogens (tertiary/aromatic N) is 2. The van der Waals surface area contributed by atoms with Crippen molar-refractivity contribution in [2.75, 3.05) is 20.8 Å². The number of rotatable bonds is 8. The van der Waals surface area contributed by atoms with E-state index in [1.807, 2.05) is 49.4 Å². The highest BCUT2D eigenvalue weighted by atomic mass is 16.5. The lowest BCUT2D eigenvalue weighted by Crippen LogP contribution is -2.31. The molecule has 1 aromatic heterocycles. The molecule has 0 aliphatic rings. The van der Waals surface area contributed by atoms with Gasteiger partial charge in [-0.25, -0.2) is 0 Å². The van der Waals surface area contributed by atoms with Crippen molar-refractivity contribution < 1.29 is 18.8 Å². The highest BCUT2D eigenvalue weighted by Gasteiger charge is 2.18. The third kappa shape index (κ3) is 4.52. The molecule has 0 aliphatic heterocycles. The number of carbonyl (C=O) groups is 1. The number of hydrogen-bond donors (Lipinski definition) is 0. The fourth-order valence-corrected chi connectivity index (χ4v) is 2.93. The first-order valence-corrected chi connectivity index (χ1v) is 9.18. The molecular weight excluding hydrogens is 356 g/mol. The summed E-state index contributed by atoms with van der Waals surface area (Å²) in [6, 6.07) is 16.6.